The third-order valence-corrected chi connectivity index (χ3v) is 4.87. The summed E-state index contributed by atoms with van der Waals surface area (Å²) in [5, 5.41) is 13.2. The summed E-state index contributed by atoms with van der Waals surface area (Å²) in [4.78, 5) is 14.2. The highest BCUT2D eigenvalue weighted by atomic mass is 16.5. The van der Waals surface area contributed by atoms with E-state index in [1.54, 1.807) is 0 Å². The lowest BCUT2D eigenvalue weighted by Gasteiger charge is -2.31. The van der Waals surface area contributed by atoms with Crippen molar-refractivity contribution < 1.29 is 14.6 Å². The third kappa shape index (κ3) is 4.95. The monoisotopic (exact) mass is 332 g/mol. The normalized spacial score (nSPS) is 20.6. The minimum atomic E-state index is -0.523. The Balaban J connectivity index is 1.47. The predicted molar refractivity (Wildman–Crippen MR) is 94.1 cm³/mol. The van der Waals surface area contributed by atoms with E-state index in [-0.39, 0.29) is 18.4 Å². The number of aliphatic hydroxyl groups excluding tert-OH is 1. The molecule has 5 nitrogen and oxygen atoms in total. The summed E-state index contributed by atoms with van der Waals surface area (Å²) < 4.78 is 5.77. The number of aliphatic hydroxyl groups is 1. The molecule has 1 saturated carbocycles. The number of nitrogens with one attached hydrogen (secondary N) is 1. The van der Waals surface area contributed by atoms with Crippen LogP contribution in [0.3, 0.4) is 0 Å². The first kappa shape index (κ1) is 17.2. The molecule has 2 N–H and O–H groups in total. The number of carbonyl (C=O) groups excluding carboxylic acids is 1. The topological polar surface area (TPSA) is 61.8 Å². The van der Waals surface area contributed by atoms with Gasteiger partial charge in [-0.2, -0.15) is 0 Å². The van der Waals surface area contributed by atoms with E-state index in [4.69, 9.17) is 4.74 Å². The van der Waals surface area contributed by atoms with Crippen LogP contribution < -0.4 is 10.1 Å². The Morgan fingerprint density at radius 2 is 2.00 bits per heavy atom. The van der Waals surface area contributed by atoms with Crippen molar-refractivity contribution in [2.75, 3.05) is 31.6 Å². The molecule has 1 heterocycles. The number of piperidine rings is 1. The van der Waals surface area contributed by atoms with Crippen LogP contribution in [0.25, 0.3) is 0 Å². The molecule has 0 radical (unpaired) electrons. The third-order valence-electron chi connectivity index (χ3n) is 4.87. The quantitative estimate of drug-likeness (QED) is 0.805. The van der Waals surface area contributed by atoms with Crippen LogP contribution >= 0.6 is 0 Å². The van der Waals surface area contributed by atoms with E-state index >= 15 is 0 Å². The predicted octanol–water partition coefficient (Wildman–Crippen LogP) is 2.51. The van der Waals surface area contributed by atoms with E-state index in [2.05, 4.69) is 17.1 Å². The molecule has 1 aliphatic carbocycles. The Bertz CT molecular complexity index is 551. The zero-order valence-corrected chi connectivity index (χ0v) is 14.4. The number of ether oxygens (including phenoxy) is 1. The number of hydrogen-bond acceptors (Lipinski definition) is 4. The minimum absolute atomic E-state index is 0.0639. The highest BCUT2D eigenvalue weighted by Crippen LogP contribution is 2.32. The zero-order chi connectivity index (χ0) is 16.9. The van der Waals surface area contributed by atoms with Crippen molar-refractivity contribution in [3.05, 3.63) is 24.3 Å². The number of para-hydroxylation sites is 2. The Hall–Kier alpha value is -1.59. The van der Waals surface area contributed by atoms with E-state index in [0.717, 1.165) is 31.8 Å². The van der Waals surface area contributed by atoms with Crippen molar-refractivity contribution in [1.82, 2.24) is 4.90 Å². The number of amides is 1. The van der Waals surface area contributed by atoms with Gasteiger partial charge in [-0.3, -0.25) is 4.79 Å². The molecule has 1 amide bonds. The molecule has 1 atom stereocenters. The molecule has 1 saturated heterocycles. The second-order valence-corrected chi connectivity index (χ2v) is 7.21. The number of carbonyl (C=O) groups is 1. The van der Waals surface area contributed by atoms with Gasteiger partial charge in [0.05, 0.1) is 5.69 Å². The SMILES string of the molecule is CC1CCN(CC(O)COc2ccccc2NC(=O)C2CC2)CC1. The molecule has 2 fully saturated rings. The Labute approximate surface area is 144 Å². The molecule has 0 bridgehead atoms. The summed E-state index contributed by atoms with van der Waals surface area (Å²) in [7, 11) is 0. The standard InChI is InChI=1S/C19H28N2O3/c1-14-8-10-21(11-9-14)12-16(22)13-24-18-5-3-2-4-17(18)20-19(23)15-6-7-15/h2-5,14-16,22H,6-13H2,1H3,(H,20,23). The van der Waals surface area contributed by atoms with Gasteiger partial charge in [-0.05, 0) is 56.8 Å². The van der Waals surface area contributed by atoms with Gasteiger partial charge >= 0.3 is 0 Å². The molecule has 0 aromatic heterocycles. The van der Waals surface area contributed by atoms with Crippen molar-refractivity contribution in [3.63, 3.8) is 0 Å². The van der Waals surface area contributed by atoms with Crippen LogP contribution in [0.2, 0.25) is 0 Å². The highest BCUT2D eigenvalue weighted by Gasteiger charge is 2.30. The minimum Gasteiger partial charge on any atom is -0.489 e. The van der Waals surface area contributed by atoms with Crippen LogP contribution in [0, 0.1) is 11.8 Å². The Morgan fingerprint density at radius 1 is 1.29 bits per heavy atom. The maximum absolute atomic E-state index is 11.9. The van der Waals surface area contributed by atoms with Crippen LogP contribution in [-0.4, -0.2) is 48.3 Å². The number of β-amino-alcohol motifs (C(OH)–C–C–N with tert-alkyl or cyclic N) is 1. The molecule has 24 heavy (non-hydrogen) atoms. The molecular weight excluding hydrogens is 304 g/mol. The van der Waals surface area contributed by atoms with E-state index in [0.29, 0.717) is 18.0 Å². The average molecular weight is 332 g/mol. The van der Waals surface area contributed by atoms with Gasteiger partial charge in [-0.15, -0.1) is 0 Å². The maximum Gasteiger partial charge on any atom is 0.227 e. The van der Waals surface area contributed by atoms with Gasteiger partial charge in [-0.1, -0.05) is 19.1 Å². The number of likely N-dealkylation sites (tertiary alicyclic amines) is 1. The van der Waals surface area contributed by atoms with Gasteiger partial charge in [0.1, 0.15) is 18.5 Å². The molecule has 1 aliphatic heterocycles. The van der Waals surface area contributed by atoms with Gasteiger partial charge in [0.25, 0.3) is 0 Å². The first-order valence-electron chi connectivity index (χ1n) is 9.05. The summed E-state index contributed by atoms with van der Waals surface area (Å²) in [5.41, 5.74) is 0.688. The number of rotatable bonds is 7. The van der Waals surface area contributed by atoms with Crippen molar-refractivity contribution in [2.24, 2.45) is 11.8 Å². The number of benzene rings is 1. The summed E-state index contributed by atoms with van der Waals surface area (Å²) in [6, 6.07) is 7.42. The number of hydrogen-bond donors (Lipinski definition) is 2. The first-order valence-corrected chi connectivity index (χ1v) is 9.05. The maximum atomic E-state index is 11.9. The second-order valence-electron chi connectivity index (χ2n) is 7.21. The highest BCUT2D eigenvalue weighted by molar-refractivity contribution is 5.95. The molecule has 5 heteroatoms. The summed E-state index contributed by atoms with van der Waals surface area (Å²) in [6.07, 6.45) is 3.82. The van der Waals surface area contributed by atoms with Crippen LogP contribution in [0.4, 0.5) is 5.69 Å². The fourth-order valence-electron chi connectivity index (χ4n) is 3.06. The lowest BCUT2D eigenvalue weighted by molar-refractivity contribution is -0.117. The van der Waals surface area contributed by atoms with Crippen molar-refractivity contribution >= 4 is 11.6 Å². The molecule has 0 spiro atoms. The molecule has 3 rings (SSSR count). The summed E-state index contributed by atoms with van der Waals surface area (Å²) in [5.74, 6) is 1.63. The zero-order valence-electron chi connectivity index (χ0n) is 14.4. The molecule has 1 aromatic carbocycles. The summed E-state index contributed by atoms with van der Waals surface area (Å²) in [6.45, 7) is 5.26. The molecular formula is C19H28N2O3. The molecule has 1 unspecified atom stereocenters. The fourth-order valence-corrected chi connectivity index (χ4v) is 3.06. The van der Waals surface area contributed by atoms with Crippen LogP contribution in [-0.2, 0) is 4.79 Å². The molecule has 132 valence electrons. The van der Waals surface area contributed by atoms with Gasteiger partial charge in [0.15, 0.2) is 0 Å². The lowest BCUT2D eigenvalue weighted by Crippen LogP contribution is -2.40. The number of nitrogens with zero attached hydrogens (tertiary/aromatic N) is 1. The summed E-state index contributed by atoms with van der Waals surface area (Å²) >= 11 is 0. The lowest BCUT2D eigenvalue weighted by atomic mass is 9.99. The van der Waals surface area contributed by atoms with E-state index in [1.807, 2.05) is 24.3 Å². The van der Waals surface area contributed by atoms with Gasteiger partial charge in [0, 0.05) is 12.5 Å². The van der Waals surface area contributed by atoms with Crippen LogP contribution in [0.15, 0.2) is 24.3 Å². The van der Waals surface area contributed by atoms with Crippen molar-refractivity contribution in [1.29, 1.82) is 0 Å². The van der Waals surface area contributed by atoms with E-state index in [9.17, 15) is 9.90 Å². The Morgan fingerprint density at radius 3 is 2.71 bits per heavy atom. The molecule has 1 aromatic rings. The van der Waals surface area contributed by atoms with Gasteiger partial charge in [0.2, 0.25) is 5.91 Å². The van der Waals surface area contributed by atoms with Gasteiger partial charge in [-0.25, -0.2) is 0 Å². The second kappa shape index (κ2) is 7.99. The Kier molecular flexibility index (Phi) is 5.74. The molecule has 2 aliphatic rings. The van der Waals surface area contributed by atoms with Crippen LogP contribution in [0.1, 0.15) is 32.6 Å². The number of anilines is 1. The van der Waals surface area contributed by atoms with Gasteiger partial charge < -0.3 is 20.1 Å². The fraction of sp³-hybridized carbons (Fsp3) is 0.632. The van der Waals surface area contributed by atoms with E-state index < -0.39 is 6.10 Å². The smallest absolute Gasteiger partial charge is 0.227 e. The van der Waals surface area contributed by atoms with Crippen molar-refractivity contribution in [3.8, 4) is 5.75 Å². The van der Waals surface area contributed by atoms with E-state index in [1.165, 1.54) is 12.8 Å². The first-order chi connectivity index (χ1) is 11.6. The largest absolute Gasteiger partial charge is 0.489 e. The van der Waals surface area contributed by atoms with Crippen LogP contribution in [0.5, 0.6) is 5.75 Å². The average Bonchev–Trinajstić information content (AvgIpc) is 3.41. The van der Waals surface area contributed by atoms with Crippen molar-refractivity contribution in [2.45, 2.75) is 38.7 Å².